The average molecular weight is 309 g/mol. The summed E-state index contributed by atoms with van der Waals surface area (Å²) in [6, 6.07) is -3.83. The van der Waals surface area contributed by atoms with Crippen molar-refractivity contribution in [3.63, 3.8) is 0 Å². The first kappa shape index (κ1) is 20.4. The molecule has 12 heteroatoms. The van der Waals surface area contributed by atoms with E-state index in [0.29, 0.717) is 0 Å². The molecule has 0 bridgehead atoms. The summed E-state index contributed by atoms with van der Waals surface area (Å²) in [5, 5.41) is 34.3. The van der Waals surface area contributed by atoms with Gasteiger partial charge in [-0.1, -0.05) is 0 Å². The Morgan fingerprint density at radius 1 is 0.857 bits per heavy atom. The van der Waals surface area contributed by atoms with E-state index < -0.39 is 54.8 Å². The first-order valence-corrected chi connectivity index (χ1v) is 5.18. The normalized spacial score (nSPS) is 12.0. The van der Waals surface area contributed by atoms with Crippen LogP contribution in [0.3, 0.4) is 0 Å². The summed E-state index contributed by atoms with van der Waals surface area (Å²) < 4.78 is 0. The van der Waals surface area contributed by atoms with E-state index in [1.807, 2.05) is 0 Å². The van der Waals surface area contributed by atoms with Crippen molar-refractivity contribution in [2.24, 2.45) is 11.5 Å². The first-order valence-electron chi connectivity index (χ1n) is 5.18. The lowest BCUT2D eigenvalue weighted by Gasteiger charge is -2.08. The van der Waals surface area contributed by atoms with Gasteiger partial charge in [-0.15, -0.1) is 0 Å². The molecule has 1 unspecified atom stereocenters. The number of hydrogen-bond acceptors (Lipinski definition) is 6. The van der Waals surface area contributed by atoms with Crippen molar-refractivity contribution in [1.29, 1.82) is 0 Å². The quantitative estimate of drug-likeness (QED) is 0.260. The van der Waals surface area contributed by atoms with E-state index in [1.165, 1.54) is 0 Å². The molecular weight excluding hydrogens is 294 g/mol. The summed E-state index contributed by atoms with van der Waals surface area (Å²) in [5.41, 5.74) is 9.44. The van der Waals surface area contributed by atoms with Crippen LogP contribution in [0.15, 0.2) is 0 Å². The SMILES string of the molecule is NC(=O)NC(CC(=O)O)C(=O)O.N[C@@H](CC(=O)O)C(=O)O. The second kappa shape index (κ2) is 9.96. The molecule has 0 aromatic carbocycles. The van der Waals surface area contributed by atoms with E-state index in [4.69, 9.17) is 26.2 Å². The lowest BCUT2D eigenvalue weighted by Crippen LogP contribution is -2.44. The number of carbonyl (C=O) groups is 5. The van der Waals surface area contributed by atoms with Gasteiger partial charge in [0.1, 0.15) is 12.1 Å². The van der Waals surface area contributed by atoms with Gasteiger partial charge in [0.05, 0.1) is 12.8 Å². The summed E-state index contributed by atoms with van der Waals surface area (Å²) >= 11 is 0. The van der Waals surface area contributed by atoms with Crippen LogP contribution in [0.5, 0.6) is 0 Å². The number of hydrogen-bond donors (Lipinski definition) is 7. The number of nitrogens with one attached hydrogen (secondary N) is 1. The maximum Gasteiger partial charge on any atom is 0.326 e. The molecule has 0 radical (unpaired) electrons. The van der Waals surface area contributed by atoms with Crippen molar-refractivity contribution < 1.29 is 44.4 Å². The molecule has 0 aliphatic carbocycles. The molecule has 12 nitrogen and oxygen atoms in total. The minimum Gasteiger partial charge on any atom is -0.481 e. The molecule has 0 saturated heterocycles. The highest BCUT2D eigenvalue weighted by Gasteiger charge is 2.21. The largest absolute Gasteiger partial charge is 0.481 e. The fourth-order valence-corrected chi connectivity index (χ4v) is 0.822. The number of carboxylic acids is 4. The van der Waals surface area contributed by atoms with Crippen LogP contribution in [-0.2, 0) is 19.2 Å². The Morgan fingerprint density at radius 3 is 1.48 bits per heavy atom. The molecule has 0 heterocycles. The Labute approximate surface area is 117 Å². The molecule has 2 atom stereocenters. The molecular formula is C9H15N3O9. The van der Waals surface area contributed by atoms with Gasteiger partial charge in [0.15, 0.2) is 0 Å². The van der Waals surface area contributed by atoms with Crippen molar-refractivity contribution in [3.8, 4) is 0 Å². The number of carboxylic acid groups (broad SMARTS) is 4. The molecule has 120 valence electrons. The Kier molecular flexibility index (Phi) is 9.69. The van der Waals surface area contributed by atoms with Gasteiger partial charge in [-0.2, -0.15) is 0 Å². The number of urea groups is 1. The molecule has 0 aromatic rings. The third-order valence-corrected chi connectivity index (χ3v) is 1.71. The lowest BCUT2D eigenvalue weighted by molar-refractivity contribution is -0.145. The lowest BCUT2D eigenvalue weighted by atomic mass is 10.2. The number of rotatable bonds is 7. The number of aliphatic carboxylic acids is 4. The second-order valence-electron chi connectivity index (χ2n) is 3.54. The Bertz CT molecular complexity index is 407. The van der Waals surface area contributed by atoms with Crippen LogP contribution in [0, 0.1) is 0 Å². The standard InChI is InChI=1S/C5H8N2O5.C4H7NO4/c6-5(12)7-2(4(10)11)1-3(8)9;5-2(4(8)9)1-3(6)7/h2H,1H2,(H,8,9)(H,10,11)(H3,6,7,12);2H,1,5H2,(H,6,7)(H,8,9)/t;2-/m.0/s1. The summed E-state index contributed by atoms with van der Waals surface area (Å²) in [5.74, 6) is -5.25. The molecule has 0 aromatic heterocycles. The molecule has 9 N–H and O–H groups in total. The highest BCUT2D eigenvalue weighted by atomic mass is 16.4. The zero-order valence-corrected chi connectivity index (χ0v) is 10.6. The molecule has 2 amide bonds. The van der Waals surface area contributed by atoms with Crippen LogP contribution >= 0.6 is 0 Å². The fraction of sp³-hybridized carbons (Fsp3) is 0.444. The summed E-state index contributed by atoms with van der Waals surface area (Å²) in [6.45, 7) is 0. The van der Waals surface area contributed by atoms with Crippen LogP contribution in [-0.4, -0.2) is 62.4 Å². The van der Waals surface area contributed by atoms with E-state index in [2.05, 4.69) is 5.73 Å². The zero-order valence-electron chi connectivity index (χ0n) is 10.6. The van der Waals surface area contributed by atoms with Crippen LogP contribution in [0.25, 0.3) is 0 Å². The molecule has 0 fully saturated rings. The highest BCUT2D eigenvalue weighted by Crippen LogP contribution is 1.91. The van der Waals surface area contributed by atoms with Gasteiger partial charge in [-0.25, -0.2) is 9.59 Å². The molecule has 0 rings (SSSR count). The predicted octanol–water partition coefficient (Wildman–Crippen LogP) is -2.54. The second-order valence-corrected chi connectivity index (χ2v) is 3.54. The van der Waals surface area contributed by atoms with Crippen LogP contribution in [0.2, 0.25) is 0 Å². The Morgan fingerprint density at radius 2 is 1.29 bits per heavy atom. The predicted molar refractivity (Wildman–Crippen MR) is 64.3 cm³/mol. The van der Waals surface area contributed by atoms with Crippen molar-refractivity contribution in [3.05, 3.63) is 0 Å². The Hall–Kier alpha value is -2.89. The third kappa shape index (κ3) is 13.3. The van der Waals surface area contributed by atoms with Gasteiger partial charge < -0.3 is 37.2 Å². The Balaban J connectivity index is 0. The average Bonchev–Trinajstić information content (AvgIpc) is 2.26. The summed E-state index contributed by atoms with van der Waals surface area (Å²) in [4.78, 5) is 50.0. The molecule has 0 aliphatic heterocycles. The van der Waals surface area contributed by atoms with E-state index >= 15 is 0 Å². The zero-order chi connectivity index (χ0) is 17.2. The van der Waals surface area contributed by atoms with E-state index in [0.717, 1.165) is 0 Å². The van der Waals surface area contributed by atoms with E-state index in [9.17, 15) is 24.0 Å². The minimum absolute atomic E-state index is 0.532. The molecule has 21 heavy (non-hydrogen) atoms. The van der Waals surface area contributed by atoms with Crippen LogP contribution < -0.4 is 16.8 Å². The highest BCUT2D eigenvalue weighted by molar-refractivity contribution is 5.85. The first-order chi connectivity index (χ1) is 9.47. The number of amides is 2. The van der Waals surface area contributed by atoms with E-state index in [-0.39, 0.29) is 0 Å². The fourth-order valence-electron chi connectivity index (χ4n) is 0.822. The monoisotopic (exact) mass is 309 g/mol. The molecule has 0 spiro atoms. The van der Waals surface area contributed by atoms with Gasteiger partial charge >= 0.3 is 29.9 Å². The smallest absolute Gasteiger partial charge is 0.326 e. The van der Waals surface area contributed by atoms with Gasteiger partial charge in [0.25, 0.3) is 0 Å². The molecule has 0 aliphatic rings. The molecule has 0 saturated carbocycles. The number of primary amides is 1. The topological polar surface area (TPSA) is 230 Å². The minimum atomic E-state index is -1.47. The van der Waals surface area contributed by atoms with Crippen LogP contribution in [0.1, 0.15) is 12.8 Å². The van der Waals surface area contributed by atoms with Gasteiger partial charge in [0, 0.05) is 0 Å². The number of carbonyl (C=O) groups excluding carboxylic acids is 1. The van der Waals surface area contributed by atoms with Gasteiger partial charge in [-0.3, -0.25) is 14.4 Å². The van der Waals surface area contributed by atoms with Gasteiger partial charge in [-0.05, 0) is 0 Å². The third-order valence-electron chi connectivity index (χ3n) is 1.71. The van der Waals surface area contributed by atoms with Crippen molar-refractivity contribution in [2.75, 3.05) is 0 Å². The van der Waals surface area contributed by atoms with Crippen molar-refractivity contribution in [2.45, 2.75) is 24.9 Å². The summed E-state index contributed by atoms with van der Waals surface area (Å²) in [6.07, 6.45) is -1.23. The van der Waals surface area contributed by atoms with Crippen LogP contribution in [0.4, 0.5) is 4.79 Å². The summed E-state index contributed by atoms with van der Waals surface area (Å²) in [7, 11) is 0. The maximum absolute atomic E-state index is 10.2. The van der Waals surface area contributed by atoms with Crippen molar-refractivity contribution >= 4 is 29.9 Å². The number of nitrogens with two attached hydrogens (primary N) is 2. The van der Waals surface area contributed by atoms with Crippen molar-refractivity contribution in [1.82, 2.24) is 5.32 Å². The maximum atomic E-state index is 10.2. The van der Waals surface area contributed by atoms with E-state index in [1.54, 1.807) is 5.32 Å². The van der Waals surface area contributed by atoms with Gasteiger partial charge in [0.2, 0.25) is 0 Å².